The molecule has 0 aliphatic carbocycles. The van der Waals surface area contributed by atoms with Gasteiger partial charge in [0.05, 0.1) is 5.75 Å². The first kappa shape index (κ1) is 20.1. The van der Waals surface area contributed by atoms with Crippen LogP contribution in [0, 0.1) is 18.6 Å². The molecule has 138 valence electrons. The smallest absolute Gasteiger partial charge is 0.248 e. The van der Waals surface area contributed by atoms with Crippen molar-refractivity contribution in [3.63, 3.8) is 0 Å². The third kappa shape index (κ3) is 5.67. The SMILES string of the molecule is CCc1cccc(C)c1NC(=S)NNC(=O)CSc1cc(F)ccc1F. The molecule has 0 bridgehead atoms. The Labute approximate surface area is 160 Å². The van der Waals surface area contributed by atoms with Gasteiger partial charge in [0.2, 0.25) is 5.91 Å². The maximum atomic E-state index is 13.5. The molecule has 0 fully saturated rings. The summed E-state index contributed by atoms with van der Waals surface area (Å²) in [6.45, 7) is 4.01. The molecule has 0 radical (unpaired) electrons. The van der Waals surface area contributed by atoms with E-state index in [1.165, 1.54) is 0 Å². The molecule has 0 atom stereocenters. The van der Waals surface area contributed by atoms with Crippen LogP contribution in [0.1, 0.15) is 18.1 Å². The van der Waals surface area contributed by atoms with Crippen molar-refractivity contribution in [3.8, 4) is 0 Å². The van der Waals surface area contributed by atoms with Gasteiger partial charge in [-0.05, 0) is 54.9 Å². The molecule has 0 heterocycles. The molecule has 0 aliphatic heterocycles. The van der Waals surface area contributed by atoms with Crippen molar-refractivity contribution in [2.75, 3.05) is 11.1 Å². The number of carbonyl (C=O) groups is 1. The monoisotopic (exact) mass is 395 g/mol. The van der Waals surface area contributed by atoms with Gasteiger partial charge in [-0.1, -0.05) is 25.1 Å². The van der Waals surface area contributed by atoms with Gasteiger partial charge in [0.25, 0.3) is 0 Å². The van der Waals surface area contributed by atoms with Crippen LogP contribution in [0.15, 0.2) is 41.3 Å². The molecular formula is C18H19F2N3OS2. The number of amides is 1. The van der Waals surface area contributed by atoms with Crippen molar-refractivity contribution in [2.24, 2.45) is 0 Å². The van der Waals surface area contributed by atoms with E-state index in [9.17, 15) is 13.6 Å². The number of hydrogen-bond donors (Lipinski definition) is 3. The van der Waals surface area contributed by atoms with E-state index in [0.717, 1.165) is 53.2 Å². The number of hydrazine groups is 1. The zero-order chi connectivity index (χ0) is 19.1. The highest BCUT2D eigenvalue weighted by atomic mass is 32.2. The minimum Gasteiger partial charge on any atom is -0.331 e. The average Bonchev–Trinajstić information content (AvgIpc) is 2.62. The number of anilines is 1. The number of thiocarbonyl (C=S) groups is 1. The Kier molecular flexibility index (Phi) is 7.35. The number of para-hydroxylation sites is 1. The molecule has 0 saturated carbocycles. The van der Waals surface area contributed by atoms with E-state index in [1.807, 2.05) is 32.0 Å². The van der Waals surface area contributed by atoms with Gasteiger partial charge in [-0.2, -0.15) is 0 Å². The summed E-state index contributed by atoms with van der Waals surface area (Å²) in [4.78, 5) is 11.9. The molecule has 0 spiro atoms. The fourth-order valence-corrected chi connectivity index (χ4v) is 3.15. The third-order valence-electron chi connectivity index (χ3n) is 3.55. The van der Waals surface area contributed by atoms with E-state index in [0.29, 0.717) is 0 Å². The van der Waals surface area contributed by atoms with Crippen molar-refractivity contribution in [1.82, 2.24) is 10.9 Å². The molecule has 1 amide bonds. The first-order valence-electron chi connectivity index (χ1n) is 7.93. The Balaban J connectivity index is 1.84. The predicted molar refractivity (Wildman–Crippen MR) is 105 cm³/mol. The second-order valence-corrected chi connectivity index (χ2v) is 6.88. The maximum absolute atomic E-state index is 13.5. The van der Waals surface area contributed by atoms with E-state index >= 15 is 0 Å². The molecule has 0 saturated heterocycles. The summed E-state index contributed by atoms with van der Waals surface area (Å²) in [7, 11) is 0. The Morgan fingerprint density at radius 1 is 1.19 bits per heavy atom. The highest BCUT2D eigenvalue weighted by molar-refractivity contribution is 8.00. The molecule has 2 rings (SSSR count). The van der Waals surface area contributed by atoms with Crippen LogP contribution >= 0.6 is 24.0 Å². The van der Waals surface area contributed by atoms with Crippen molar-refractivity contribution in [2.45, 2.75) is 25.2 Å². The number of carbonyl (C=O) groups excluding carboxylic acids is 1. The Morgan fingerprint density at radius 2 is 1.96 bits per heavy atom. The van der Waals surface area contributed by atoms with Crippen LogP contribution in [0.5, 0.6) is 0 Å². The van der Waals surface area contributed by atoms with Crippen molar-refractivity contribution >= 4 is 40.7 Å². The summed E-state index contributed by atoms with van der Waals surface area (Å²) in [6, 6.07) is 9.05. The molecule has 3 N–H and O–H groups in total. The molecule has 26 heavy (non-hydrogen) atoms. The van der Waals surface area contributed by atoms with E-state index in [1.54, 1.807) is 0 Å². The number of nitrogens with one attached hydrogen (secondary N) is 3. The topological polar surface area (TPSA) is 53.2 Å². The highest BCUT2D eigenvalue weighted by Gasteiger charge is 2.10. The molecular weight excluding hydrogens is 376 g/mol. The van der Waals surface area contributed by atoms with Gasteiger partial charge >= 0.3 is 0 Å². The quantitative estimate of drug-likeness (QED) is 0.407. The molecule has 4 nitrogen and oxygen atoms in total. The number of thioether (sulfide) groups is 1. The molecule has 2 aromatic carbocycles. The Morgan fingerprint density at radius 3 is 2.69 bits per heavy atom. The van der Waals surface area contributed by atoms with Crippen molar-refractivity contribution in [3.05, 3.63) is 59.2 Å². The Hall–Kier alpha value is -2.19. The normalized spacial score (nSPS) is 10.3. The summed E-state index contributed by atoms with van der Waals surface area (Å²) in [5.41, 5.74) is 8.09. The second kappa shape index (κ2) is 9.49. The largest absolute Gasteiger partial charge is 0.331 e. The van der Waals surface area contributed by atoms with Gasteiger partial charge in [0, 0.05) is 10.6 Å². The van der Waals surface area contributed by atoms with Crippen molar-refractivity contribution < 1.29 is 13.6 Å². The van der Waals surface area contributed by atoms with Gasteiger partial charge in [-0.25, -0.2) is 8.78 Å². The lowest BCUT2D eigenvalue weighted by atomic mass is 10.1. The summed E-state index contributed by atoms with van der Waals surface area (Å²) < 4.78 is 26.6. The Bertz CT molecular complexity index is 815. The van der Waals surface area contributed by atoms with Gasteiger partial charge in [-0.3, -0.25) is 15.6 Å². The van der Waals surface area contributed by atoms with Crippen LogP contribution in [0.4, 0.5) is 14.5 Å². The van der Waals surface area contributed by atoms with Gasteiger partial charge in [0.15, 0.2) is 5.11 Å². The molecule has 0 unspecified atom stereocenters. The molecule has 0 aliphatic rings. The number of benzene rings is 2. The molecule has 2 aromatic rings. The van der Waals surface area contributed by atoms with E-state index in [-0.39, 0.29) is 15.8 Å². The number of hydrogen-bond acceptors (Lipinski definition) is 3. The number of aryl methyl sites for hydroxylation is 2. The van der Waals surface area contributed by atoms with Crippen LogP contribution in [0.3, 0.4) is 0 Å². The fourth-order valence-electron chi connectivity index (χ4n) is 2.24. The average molecular weight is 396 g/mol. The zero-order valence-electron chi connectivity index (χ0n) is 14.4. The lowest BCUT2D eigenvalue weighted by Gasteiger charge is -2.16. The van der Waals surface area contributed by atoms with E-state index in [4.69, 9.17) is 12.2 Å². The lowest BCUT2D eigenvalue weighted by Crippen LogP contribution is -2.44. The highest BCUT2D eigenvalue weighted by Crippen LogP contribution is 2.22. The summed E-state index contributed by atoms with van der Waals surface area (Å²) >= 11 is 6.09. The van der Waals surface area contributed by atoms with Gasteiger partial charge < -0.3 is 5.32 Å². The van der Waals surface area contributed by atoms with Crippen molar-refractivity contribution in [1.29, 1.82) is 0 Å². The fraction of sp³-hybridized carbons (Fsp3) is 0.222. The van der Waals surface area contributed by atoms with Crippen LogP contribution in [-0.2, 0) is 11.2 Å². The van der Waals surface area contributed by atoms with E-state index < -0.39 is 17.5 Å². The van der Waals surface area contributed by atoms with Crippen LogP contribution in [0.25, 0.3) is 0 Å². The summed E-state index contributed by atoms with van der Waals surface area (Å²) in [5.74, 6) is -1.62. The first-order valence-corrected chi connectivity index (χ1v) is 9.32. The van der Waals surface area contributed by atoms with Gasteiger partial charge in [0.1, 0.15) is 11.6 Å². The second-order valence-electron chi connectivity index (χ2n) is 5.45. The van der Waals surface area contributed by atoms with Gasteiger partial charge in [-0.15, -0.1) is 11.8 Å². The maximum Gasteiger partial charge on any atom is 0.248 e. The summed E-state index contributed by atoms with van der Waals surface area (Å²) in [6.07, 6.45) is 0.842. The molecule has 8 heteroatoms. The standard InChI is InChI=1S/C18H19F2N3OS2/c1-3-12-6-4-5-11(2)17(12)21-18(25)23-22-16(24)10-26-15-9-13(19)7-8-14(15)20/h4-9H,3,10H2,1-2H3,(H,22,24)(H2,21,23,25). The lowest BCUT2D eigenvalue weighted by molar-refractivity contribution is -0.119. The van der Waals surface area contributed by atoms with Crippen LogP contribution in [-0.4, -0.2) is 16.8 Å². The summed E-state index contributed by atoms with van der Waals surface area (Å²) in [5, 5.41) is 3.30. The van der Waals surface area contributed by atoms with Crippen LogP contribution < -0.4 is 16.2 Å². The molecule has 0 aromatic heterocycles. The first-order chi connectivity index (χ1) is 12.4. The zero-order valence-corrected chi connectivity index (χ0v) is 16.0. The minimum absolute atomic E-state index is 0.0772. The minimum atomic E-state index is -0.569. The van der Waals surface area contributed by atoms with Crippen LogP contribution in [0.2, 0.25) is 0 Å². The third-order valence-corrected chi connectivity index (χ3v) is 4.78. The van der Waals surface area contributed by atoms with E-state index in [2.05, 4.69) is 16.2 Å². The number of halogens is 2. The predicted octanol–water partition coefficient (Wildman–Crippen LogP) is 3.95. The number of rotatable bonds is 5.